The normalized spacial score (nSPS) is 14.9. The lowest BCUT2D eigenvalue weighted by molar-refractivity contribution is -0.122. The first-order valence-corrected chi connectivity index (χ1v) is 13.1. The van der Waals surface area contributed by atoms with Crippen molar-refractivity contribution < 1.29 is 28.6 Å². The van der Waals surface area contributed by atoms with Gasteiger partial charge in [0, 0.05) is 6.54 Å². The number of hydrogen-bond acceptors (Lipinski definition) is 10. The molecule has 36 heavy (non-hydrogen) atoms. The van der Waals surface area contributed by atoms with Gasteiger partial charge in [-0.15, -0.1) is 0 Å². The number of carbonyl (C=O) groups is 1. The number of nitrogens with two attached hydrogens (primary N) is 2. The second-order valence-electron chi connectivity index (χ2n) is 8.75. The summed E-state index contributed by atoms with van der Waals surface area (Å²) in [4.78, 5) is 34.4. The van der Waals surface area contributed by atoms with Crippen molar-refractivity contribution in [1.29, 1.82) is 0 Å². The van der Waals surface area contributed by atoms with Gasteiger partial charge in [-0.25, -0.2) is 19.5 Å². The topological polar surface area (TPSA) is 201 Å². The van der Waals surface area contributed by atoms with E-state index in [1.165, 1.54) is 24.8 Å². The van der Waals surface area contributed by atoms with Crippen molar-refractivity contribution in [2.45, 2.75) is 39.0 Å². The number of imidazole rings is 1. The van der Waals surface area contributed by atoms with Gasteiger partial charge in [-0.05, 0) is 30.0 Å². The maximum absolute atomic E-state index is 12.5. The lowest BCUT2D eigenvalue weighted by Crippen LogP contribution is -2.43. The molecule has 0 fully saturated rings. The Morgan fingerprint density at radius 3 is 2.61 bits per heavy atom. The van der Waals surface area contributed by atoms with Crippen LogP contribution in [-0.2, 0) is 27.1 Å². The second kappa shape index (κ2) is 12.2. The molecule has 2 aromatic heterocycles. The number of nitrogens with one attached hydrogen (secondary N) is 1. The van der Waals surface area contributed by atoms with Crippen molar-refractivity contribution in [3.63, 3.8) is 0 Å². The van der Waals surface area contributed by atoms with Gasteiger partial charge in [-0.2, -0.15) is 0 Å². The fourth-order valence-electron chi connectivity index (χ4n) is 3.27. The molecule has 0 radical (unpaired) electrons. The molecule has 0 aliphatic rings. The largest absolute Gasteiger partial charge is 0.423 e. The number of aromatic nitrogens is 4. The van der Waals surface area contributed by atoms with Gasteiger partial charge in [0.2, 0.25) is 5.91 Å². The third-order valence-corrected chi connectivity index (χ3v) is 6.13. The Kier molecular flexibility index (Phi) is 9.35. The Labute approximate surface area is 208 Å². The zero-order valence-corrected chi connectivity index (χ0v) is 21.0. The molecule has 14 heteroatoms. The molecule has 13 nitrogen and oxygen atoms in total. The van der Waals surface area contributed by atoms with E-state index in [4.69, 9.17) is 20.7 Å². The number of carbonyl (C=O) groups excluding carboxylic acids is 1. The maximum atomic E-state index is 12.5. The first-order chi connectivity index (χ1) is 17.1. The van der Waals surface area contributed by atoms with Crippen molar-refractivity contribution in [1.82, 2.24) is 24.8 Å². The molecule has 0 saturated carbocycles. The number of fused-ring (bicyclic) bond motifs is 1. The summed E-state index contributed by atoms with van der Waals surface area (Å²) in [6, 6.07) is 5.66. The number of aliphatic hydroxyl groups excluding tert-OH is 1. The fraction of sp³-hybridized carbons (Fsp3) is 0.455. The van der Waals surface area contributed by atoms with E-state index in [1.54, 1.807) is 16.7 Å². The van der Waals surface area contributed by atoms with Gasteiger partial charge in [0.05, 0.1) is 31.6 Å². The van der Waals surface area contributed by atoms with E-state index in [9.17, 15) is 19.4 Å². The van der Waals surface area contributed by atoms with E-state index < -0.39 is 32.7 Å². The molecule has 7 N–H and O–H groups in total. The van der Waals surface area contributed by atoms with Crippen molar-refractivity contribution in [2.24, 2.45) is 11.7 Å². The number of anilines is 1. The van der Waals surface area contributed by atoms with Crippen LogP contribution in [0.1, 0.15) is 19.4 Å². The number of nitrogen functional groups attached to an aromatic ring is 1. The molecule has 0 bridgehead atoms. The van der Waals surface area contributed by atoms with Gasteiger partial charge in [-0.1, -0.05) is 26.0 Å². The SMILES string of the molecule is CC(C)CNC(=O)[C@@H](N)Cc1ccc(OP(=O)(O)CO[C@H](CO)Cn2cnc3c(N)ncnc32)cc1. The van der Waals surface area contributed by atoms with Crippen LogP contribution < -0.4 is 21.3 Å². The number of aliphatic hydroxyl groups is 1. The smallest absolute Gasteiger partial charge is 0.402 e. The molecule has 3 rings (SSSR count). The highest BCUT2D eigenvalue weighted by Crippen LogP contribution is 2.42. The van der Waals surface area contributed by atoms with Crippen LogP contribution >= 0.6 is 7.60 Å². The van der Waals surface area contributed by atoms with E-state index >= 15 is 0 Å². The third-order valence-electron chi connectivity index (χ3n) is 5.16. The van der Waals surface area contributed by atoms with Crippen LogP contribution in [0.25, 0.3) is 11.2 Å². The second-order valence-corrected chi connectivity index (χ2v) is 10.5. The number of hydrogen-bond donors (Lipinski definition) is 5. The predicted octanol–water partition coefficient (Wildman–Crippen LogP) is 0.650. The monoisotopic (exact) mass is 521 g/mol. The molecule has 1 amide bonds. The number of nitrogens with zero attached hydrogens (tertiary/aromatic N) is 4. The molecule has 0 aliphatic carbocycles. The summed E-state index contributed by atoms with van der Waals surface area (Å²) >= 11 is 0. The van der Waals surface area contributed by atoms with Crippen LogP contribution in [0, 0.1) is 5.92 Å². The highest BCUT2D eigenvalue weighted by molar-refractivity contribution is 7.53. The summed E-state index contributed by atoms with van der Waals surface area (Å²) in [5.41, 5.74) is 13.4. The minimum Gasteiger partial charge on any atom is -0.423 e. The maximum Gasteiger partial charge on any atom is 0.402 e. The van der Waals surface area contributed by atoms with Crippen molar-refractivity contribution in [3.8, 4) is 5.75 Å². The van der Waals surface area contributed by atoms with Gasteiger partial charge >= 0.3 is 7.60 Å². The summed E-state index contributed by atoms with van der Waals surface area (Å²) in [6.45, 7) is 4.23. The van der Waals surface area contributed by atoms with Crippen LogP contribution in [0.5, 0.6) is 5.75 Å². The Hall–Kier alpha value is -3.09. The average Bonchev–Trinajstić information content (AvgIpc) is 3.25. The predicted molar refractivity (Wildman–Crippen MR) is 133 cm³/mol. The van der Waals surface area contributed by atoms with Crippen LogP contribution in [0.2, 0.25) is 0 Å². The lowest BCUT2D eigenvalue weighted by atomic mass is 10.1. The van der Waals surface area contributed by atoms with E-state index in [2.05, 4.69) is 20.3 Å². The van der Waals surface area contributed by atoms with Crippen molar-refractivity contribution in [3.05, 3.63) is 42.5 Å². The molecule has 1 aromatic carbocycles. The summed E-state index contributed by atoms with van der Waals surface area (Å²) in [5, 5.41) is 12.5. The summed E-state index contributed by atoms with van der Waals surface area (Å²) in [5.74, 6) is 0.456. The average molecular weight is 522 g/mol. The highest BCUT2D eigenvalue weighted by atomic mass is 31.2. The zero-order chi connectivity index (χ0) is 26.3. The number of amides is 1. The van der Waals surface area contributed by atoms with Gasteiger partial charge in [0.1, 0.15) is 17.6 Å². The van der Waals surface area contributed by atoms with E-state index in [-0.39, 0.29) is 24.0 Å². The van der Waals surface area contributed by atoms with Gasteiger partial charge in [0.15, 0.2) is 17.8 Å². The Morgan fingerprint density at radius 1 is 1.22 bits per heavy atom. The first kappa shape index (κ1) is 27.5. The van der Waals surface area contributed by atoms with Gasteiger partial charge in [0.25, 0.3) is 0 Å². The van der Waals surface area contributed by atoms with Crippen molar-refractivity contribution in [2.75, 3.05) is 25.2 Å². The highest BCUT2D eigenvalue weighted by Gasteiger charge is 2.25. The fourth-order valence-corrected chi connectivity index (χ4v) is 4.18. The molecule has 3 aromatic rings. The van der Waals surface area contributed by atoms with Crippen LogP contribution in [0.4, 0.5) is 5.82 Å². The Balaban J connectivity index is 1.52. The Bertz CT molecular complexity index is 1200. The van der Waals surface area contributed by atoms with E-state index in [1.807, 2.05) is 13.8 Å². The summed E-state index contributed by atoms with van der Waals surface area (Å²) in [7, 11) is -4.20. The molecule has 0 aliphatic heterocycles. The quantitative estimate of drug-likeness (QED) is 0.198. The molecule has 196 valence electrons. The lowest BCUT2D eigenvalue weighted by Gasteiger charge is -2.19. The van der Waals surface area contributed by atoms with E-state index in [0.717, 1.165) is 5.56 Å². The standard InChI is InChI=1S/C22H32N7O6P/c1-14(2)8-25-22(31)18(23)7-15-3-5-16(6-4-15)35-36(32,33)13-34-17(10-30)9-29-12-28-19-20(24)26-11-27-21(19)29/h3-6,11-12,14,17-18,30H,7-10,13,23H2,1-2H3,(H,25,31)(H,32,33)(H2,24,26,27)/t17-,18-/m0/s1. The third kappa shape index (κ3) is 7.70. The first-order valence-electron chi connectivity index (χ1n) is 11.4. The van der Waals surface area contributed by atoms with E-state index in [0.29, 0.717) is 30.0 Å². The minimum atomic E-state index is -4.20. The molecular formula is C22H32N7O6P. The molecule has 0 spiro atoms. The number of ether oxygens (including phenoxy) is 1. The molecular weight excluding hydrogens is 489 g/mol. The number of rotatable bonds is 13. The summed E-state index contributed by atoms with van der Waals surface area (Å²) in [6.07, 6.45) is 1.60. The zero-order valence-electron chi connectivity index (χ0n) is 20.1. The Morgan fingerprint density at radius 2 is 1.94 bits per heavy atom. The molecule has 0 saturated heterocycles. The molecule has 3 atom stereocenters. The van der Waals surface area contributed by atoms with Crippen LogP contribution in [0.3, 0.4) is 0 Å². The molecule has 2 heterocycles. The molecule has 1 unspecified atom stereocenters. The van der Waals surface area contributed by atoms with Crippen molar-refractivity contribution >= 4 is 30.5 Å². The van der Waals surface area contributed by atoms with Gasteiger partial charge in [-0.3, -0.25) is 4.79 Å². The number of benzene rings is 1. The van der Waals surface area contributed by atoms with Gasteiger partial charge < -0.3 is 40.6 Å². The van der Waals surface area contributed by atoms with Crippen LogP contribution in [0.15, 0.2) is 36.9 Å². The van der Waals surface area contributed by atoms with Crippen LogP contribution in [-0.4, -0.2) is 67.1 Å². The minimum absolute atomic E-state index is 0.114. The summed E-state index contributed by atoms with van der Waals surface area (Å²) < 4.78 is 24.8.